The van der Waals surface area contributed by atoms with Crippen LogP contribution in [0.1, 0.15) is 95.6 Å². The summed E-state index contributed by atoms with van der Waals surface area (Å²) >= 11 is 0. The van der Waals surface area contributed by atoms with Gasteiger partial charge >= 0.3 is 12.1 Å². The molecule has 0 radical (unpaired) electrons. The molecule has 58 heavy (non-hydrogen) atoms. The number of hydrogen-bond acceptors (Lipinski definition) is 13. The van der Waals surface area contributed by atoms with E-state index in [2.05, 4.69) is 36.1 Å². The van der Waals surface area contributed by atoms with Gasteiger partial charge in [-0.05, 0) is 95.3 Å². The molecule has 16 nitrogen and oxygen atoms in total. The molecule has 8 rings (SSSR count). The van der Waals surface area contributed by atoms with Crippen LogP contribution in [-0.2, 0) is 39.5 Å². The van der Waals surface area contributed by atoms with Crippen molar-refractivity contribution in [3.8, 4) is 11.8 Å². The maximum atomic E-state index is 12.8. The Morgan fingerprint density at radius 1 is 0.828 bits per heavy atom. The van der Waals surface area contributed by atoms with Crippen LogP contribution in [0.5, 0.6) is 11.8 Å². The highest BCUT2D eigenvalue weighted by Gasteiger charge is 2.51. The molecule has 2 aromatic rings. The smallest absolute Gasteiger partial charge is 0.407 e. The minimum absolute atomic E-state index is 0. The summed E-state index contributed by atoms with van der Waals surface area (Å²) in [5, 5.41) is 11.8. The van der Waals surface area contributed by atoms with E-state index in [9.17, 15) is 24.0 Å². The molecule has 0 aromatic carbocycles. The van der Waals surface area contributed by atoms with Gasteiger partial charge in [0, 0.05) is 56.6 Å². The molecular formula is C41H58ClN7O9. The number of ketones is 1. The highest BCUT2D eigenvalue weighted by atomic mass is 35.5. The number of amides is 3. The van der Waals surface area contributed by atoms with Crippen molar-refractivity contribution >= 4 is 53.4 Å². The lowest BCUT2D eigenvalue weighted by molar-refractivity contribution is -0.144. The highest BCUT2D eigenvalue weighted by Crippen LogP contribution is 2.49. The Kier molecular flexibility index (Phi) is 15.3. The third-order valence-electron chi connectivity index (χ3n) is 12.3. The SMILES string of the molecule is CCOC(=O)CC1CCN(C2CCC3(CC2)C(=O)Nc2cnc(OC)cc23)C1.CCOC(=O)N[C@H]1CCNC1.COc1cc2c(cn1)NC(=O)C21CCC(=O)CC1.Cl. The molecule has 0 bridgehead atoms. The van der Waals surface area contributed by atoms with Crippen molar-refractivity contribution in [2.24, 2.45) is 5.92 Å². The number of methoxy groups -OCH3 is 2. The number of rotatable bonds is 8. The van der Waals surface area contributed by atoms with Crippen molar-refractivity contribution < 1.29 is 42.9 Å². The largest absolute Gasteiger partial charge is 0.481 e. The fourth-order valence-corrected chi connectivity index (χ4v) is 9.16. The predicted molar refractivity (Wildman–Crippen MR) is 218 cm³/mol. The molecule has 2 saturated heterocycles. The standard InChI is InChI=1S/C21H29N3O4.C13H14N2O3.C7H14N2O2.ClH/c1-3-28-19(25)10-14-6-9-24(13-14)15-4-7-21(8-5-15)16-11-18(27-2)22-12-17(16)23-20(21)26;1-18-11-6-9-10(7-14-11)15-12(17)13(9)4-2-8(16)3-5-13;1-2-11-7(10)9-6-3-4-8-5-6;/h11-12,14-15H,3-10,13H2,1-2H3,(H,23,26);6-7H,2-5H2,1H3,(H,15,17);6,8H,2-5H2,1H3,(H,9,10);1H/t;;6-;/m..0./s1. The first-order valence-corrected chi connectivity index (χ1v) is 20.3. The molecule has 2 saturated carbocycles. The molecule has 17 heteroatoms. The molecule has 2 spiro atoms. The number of ether oxygens (including phenoxy) is 4. The van der Waals surface area contributed by atoms with Gasteiger partial charge in [0.05, 0.1) is 62.0 Å². The Hall–Kier alpha value is -4.54. The summed E-state index contributed by atoms with van der Waals surface area (Å²) < 4.78 is 20.2. The number of carbonyl (C=O) groups is 5. The number of Topliss-reactive ketones (excluding diaryl/α,β-unsaturated/α-hetero) is 1. The zero-order chi connectivity index (χ0) is 40.6. The molecule has 4 fully saturated rings. The van der Waals surface area contributed by atoms with E-state index in [1.165, 1.54) is 0 Å². The van der Waals surface area contributed by atoms with Gasteiger partial charge in [0.1, 0.15) is 5.78 Å². The van der Waals surface area contributed by atoms with Crippen LogP contribution in [0.25, 0.3) is 0 Å². The quantitative estimate of drug-likeness (QED) is 0.273. The topological polar surface area (TPSA) is 199 Å². The van der Waals surface area contributed by atoms with Crippen LogP contribution in [0.3, 0.4) is 0 Å². The van der Waals surface area contributed by atoms with Gasteiger partial charge < -0.3 is 45.1 Å². The lowest BCUT2D eigenvalue weighted by Crippen LogP contribution is -2.44. The number of likely N-dealkylation sites (tertiary alicyclic amines) is 1. The number of alkyl carbamates (subject to hydrolysis) is 1. The maximum absolute atomic E-state index is 12.8. The van der Waals surface area contributed by atoms with E-state index in [0.717, 1.165) is 87.2 Å². The van der Waals surface area contributed by atoms with E-state index < -0.39 is 10.8 Å². The average Bonchev–Trinajstić information content (AvgIpc) is 4.01. The molecule has 6 aliphatic rings. The minimum atomic E-state index is -0.556. The van der Waals surface area contributed by atoms with Crippen LogP contribution in [0.4, 0.5) is 16.2 Å². The monoisotopic (exact) mass is 827 g/mol. The Bertz CT molecular complexity index is 1790. The van der Waals surface area contributed by atoms with Crippen LogP contribution < -0.4 is 30.7 Å². The van der Waals surface area contributed by atoms with Crippen molar-refractivity contribution in [2.75, 3.05) is 64.2 Å². The number of pyridine rings is 2. The summed E-state index contributed by atoms with van der Waals surface area (Å²) in [7, 11) is 3.15. The number of aromatic nitrogens is 2. The first kappa shape index (κ1) is 44.6. The average molecular weight is 828 g/mol. The summed E-state index contributed by atoms with van der Waals surface area (Å²) in [5.41, 5.74) is 2.51. The third kappa shape index (κ3) is 9.83. The van der Waals surface area contributed by atoms with Crippen molar-refractivity contribution in [2.45, 2.75) is 107 Å². The van der Waals surface area contributed by atoms with Gasteiger partial charge in [-0.2, -0.15) is 0 Å². The van der Waals surface area contributed by atoms with E-state index >= 15 is 0 Å². The Balaban J connectivity index is 0.000000183. The van der Waals surface area contributed by atoms with Gasteiger partial charge in [0.15, 0.2) is 0 Å². The van der Waals surface area contributed by atoms with E-state index in [1.54, 1.807) is 33.5 Å². The van der Waals surface area contributed by atoms with Crippen molar-refractivity contribution in [3.63, 3.8) is 0 Å². The summed E-state index contributed by atoms with van der Waals surface area (Å²) in [4.78, 5) is 69.8. The van der Waals surface area contributed by atoms with Gasteiger partial charge in [-0.3, -0.25) is 19.2 Å². The van der Waals surface area contributed by atoms with Gasteiger partial charge in [-0.1, -0.05) is 0 Å². The van der Waals surface area contributed by atoms with Gasteiger partial charge in [-0.25, -0.2) is 14.8 Å². The lowest BCUT2D eigenvalue weighted by Gasteiger charge is -2.39. The Morgan fingerprint density at radius 3 is 1.91 bits per heavy atom. The van der Waals surface area contributed by atoms with E-state index in [-0.39, 0.29) is 48.1 Å². The van der Waals surface area contributed by atoms with Gasteiger partial charge in [0.25, 0.3) is 0 Å². The van der Waals surface area contributed by atoms with E-state index in [1.807, 2.05) is 19.1 Å². The molecule has 2 aromatic heterocycles. The highest BCUT2D eigenvalue weighted by molar-refractivity contribution is 6.07. The number of fused-ring (bicyclic) bond motifs is 4. The number of nitrogens with zero attached hydrogens (tertiary/aromatic N) is 3. The fourth-order valence-electron chi connectivity index (χ4n) is 9.16. The Labute approximate surface area is 346 Å². The number of anilines is 2. The number of carbonyl (C=O) groups excluding carboxylic acids is 5. The molecule has 2 aliphatic carbocycles. The van der Waals surface area contributed by atoms with Gasteiger partial charge in [0.2, 0.25) is 23.6 Å². The molecule has 4 N–H and O–H groups in total. The third-order valence-corrected chi connectivity index (χ3v) is 12.3. The van der Waals surface area contributed by atoms with Crippen molar-refractivity contribution in [1.82, 2.24) is 25.5 Å². The zero-order valence-electron chi connectivity index (χ0n) is 34.0. The molecule has 3 amide bonds. The van der Waals surface area contributed by atoms with Crippen LogP contribution in [0, 0.1) is 5.92 Å². The summed E-state index contributed by atoms with van der Waals surface area (Å²) in [6.45, 7) is 8.36. The minimum Gasteiger partial charge on any atom is -0.481 e. The van der Waals surface area contributed by atoms with Crippen molar-refractivity contribution in [1.29, 1.82) is 0 Å². The Morgan fingerprint density at radius 2 is 1.40 bits per heavy atom. The first-order valence-electron chi connectivity index (χ1n) is 20.3. The van der Waals surface area contributed by atoms with Crippen LogP contribution >= 0.6 is 12.4 Å². The second-order valence-corrected chi connectivity index (χ2v) is 15.6. The first-order chi connectivity index (χ1) is 27.5. The summed E-state index contributed by atoms with van der Waals surface area (Å²) in [6.07, 6.45) is 11.3. The second kappa shape index (κ2) is 19.9. The van der Waals surface area contributed by atoms with Gasteiger partial charge in [-0.15, -0.1) is 12.4 Å². The maximum Gasteiger partial charge on any atom is 0.407 e. The van der Waals surface area contributed by atoms with Crippen LogP contribution in [0.15, 0.2) is 24.5 Å². The van der Waals surface area contributed by atoms with Crippen LogP contribution in [-0.4, -0.2) is 110 Å². The number of nitrogens with one attached hydrogen (secondary N) is 4. The molecule has 4 aliphatic heterocycles. The lowest BCUT2D eigenvalue weighted by atomic mass is 9.69. The molecular weight excluding hydrogens is 770 g/mol. The number of esters is 1. The van der Waals surface area contributed by atoms with E-state index in [0.29, 0.717) is 69.0 Å². The second-order valence-electron chi connectivity index (χ2n) is 15.6. The number of hydrogen-bond donors (Lipinski definition) is 4. The number of halogens is 1. The van der Waals surface area contributed by atoms with E-state index in [4.69, 9.17) is 18.9 Å². The molecule has 318 valence electrons. The summed E-state index contributed by atoms with van der Waals surface area (Å²) in [6, 6.07) is 4.47. The zero-order valence-corrected chi connectivity index (χ0v) is 34.8. The molecule has 6 heterocycles. The van der Waals surface area contributed by atoms with Crippen LogP contribution in [0.2, 0.25) is 0 Å². The molecule has 1 unspecified atom stereocenters. The molecule has 2 atom stereocenters. The van der Waals surface area contributed by atoms with Crippen molar-refractivity contribution in [3.05, 3.63) is 35.7 Å². The fraction of sp³-hybridized carbons (Fsp3) is 0.634. The normalized spacial score (nSPS) is 25.1. The summed E-state index contributed by atoms with van der Waals surface area (Å²) in [5.74, 6) is 1.68. The predicted octanol–water partition coefficient (Wildman–Crippen LogP) is 4.44.